The third-order valence-corrected chi connectivity index (χ3v) is 1.75. The second-order valence-electron chi connectivity index (χ2n) is 2.85. The van der Waals surface area contributed by atoms with E-state index in [0.717, 1.165) is 13.2 Å². The summed E-state index contributed by atoms with van der Waals surface area (Å²) >= 11 is 0. The maximum Gasteiger partial charge on any atom is 0.240 e. The van der Waals surface area contributed by atoms with E-state index in [2.05, 4.69) is 15.5 Å². The first-order valence-electron chi connectivity index (χ1n) is 3.95. The van der Waals surface area contributed by atoms with Gasteiger partial charge in [-0.15, -0.1) is 0 Å². The van der Waals surface area contributed by atoms with Gasteiger partial charge in [-0.25, -0.2) is 0 Å². The minimum Gasteiger partial charge on any atom is -0.378 e. The number of ether oxygens (including phenoxy) is 1. The van der Waals surface area contributed by atoms with Crippen LogP contribution in [-0.4, -0.2) is 29.4 Å². The van der Waals surface area contributed by atoms with Crippen LogP contribution >= 0.6 is 0 Å². The summed E-state index contributed by atoms with van der Waals surface area (Å²) < 4.78 is 9.92. The lowest BCUT2D eigenvalue weighted by molar-refractivity contribution is -0.00675. The third-order valence-electron chi connectivity index (χ3n) is 1.75. The molecule has 5 heteroatoms. The highest BCUT2D eigenvalue weighted by Crippen LogP contribution is 2.01. The number of nitrogens with one attached hydrogen (secondary N) is 1. The van der Waals surface area contributed by atoms with Crippen molar-refractivity contribution in [3.63, 3.8) is 0 Å². The molecular weight excluding hydrogens is 158 g/mol. The molecule has 0 unspecified atom stereocenters. The van der Waals surface area contributed by atoms with Gasteiger partial charge in [-0.3, -0.25) is 0 Å². The molecule has 1 aliphatic rings. The second kappa shape index (κ2) is 3.20. The monoisotopic (exact) mass is 169 g/mol. The molecule has 1 aromatic heterocycles. The van der Waals surface area contributed by atoms with E-state index in [1.165, 1.54) is 0 Å². The summed E-state index contributed by atoms with van der Waals surface area (Å²) in [5.41, 5.74) is 0. The lowest BCUT2D eigenvalue weighted by Crippen LogP contribution is -2.45. The molecule has 0 aromatic carbocycles. The fourth-order valence-electron chi connectivity index (χ4n) is 0.997. The van der Waals surface area contributed by atoms with Crippen molar-refractivity contribution in [2.45, 2.75) is 19.5 Å². The van der Waals surface area contributed by atoms with Crippen molar-refractivity contribution < 1.29 is 9.26 Å². The summed E-state index contributed by atoms with van der Waals surface area (Å²) in [5, 5.41) is 6.91. The number of nitrogens with zero attached hydrogens (tertiary/aromatic N) is 2. The average Bonchev–Trinajstić information content (AvgIpc) is 2.32. The van der Waals surface area contributed by atoms with Gasteiger partial charge in [0.2, 0.25) is 5.89 Å². The topological polar surface area (TPSA) is 60.2 Å². The van der Waals surface area contributed by atoms with Crippen molar-refractivity contribution in [2.24, 2.45) is 0 Å². The largest absolute Gasteiger partial charge is 0.378 e. The van der Waals surface area contributed by atoms with Crippen LogP contribution in [0.5, 0.6) is 0 Å². The molecule has 1 aromatic rings. The molecule has 0 radical (unpaired) electrons. The lowest BCUT2D eigenvalue weighted by atomic mass is 10.2. The van der Waals surface area contributed by atoms with E-state index in [1.807, 2.05) is 0 Å². The van der Waals surface area contributed by atoms with Gasteiger partial charge < -0.3 is 14.6 Å². The van der Waals surface area contributed by atoms with Crippen LogP contribution in [0.1, 0.15) is 11.7 Å². The Bertz CT molecular complexity index is 257. The molecule has 1 saturated heterocycles. The molecule has 1 fully saturated rings. The van der Waals surface area contributed by atoms with Crippen molar-refractivity contribution in [3.05, 3.63) is 11.7 Å². The average molecular weight is 169 g/mol. The van der Waals surface area contributed by atoms with Gasteiger partial charge in [-0.05, 0) is 6.92 Å². The molecule has 0 saturated carbocycles. The van der Waals surface area contributed by atoms with E-state index >= 15 is 0 Å². The first-order chi connectivity index (χ1) is 5.84. The molecule has 2 heterocycles. The maximum absolute atomic E-state index is 5.00. The van der Waals surface area contributed by atoms with E-state index in [0.29, 0.717) is 24.3 Å². The van der Waals surface area contributed by atoms with E-state index in [4.69, 9.17) is 9.26 Å². The molecule has 0 aliphatic carbocycles. The van der Waals surface area contributed by atoms with Crippen molar-refractivity contribution in [1.82, 2.24) is 15.5 Å². The number of hydrogen-bond acceptors (Lipinski definition) is 5. The van der Waals surface area contributed by atoms with Gasteiger partial charge in [0, 0.05) is 0 Å². The molecule has 0 spiro atoms. The molecule has 0 amide bonds. The van der Waals surface area contributed by atoms with E-state index in [1.54, 1.807) is 6.92 Å². The summed E-state index contributed by atoms with van der Waals surface area (Å²) in [6, 6.07) is 0.456. The molecule has 1 aliphatic heterocycles. The Hall–Kier alpha value is -0.940. The van der Waals surface area contributed by atoms with Crippen LogP contribution in [-0.2, 0) is 11.3 Å². The van der Waals surface area contributed by atoms with Crippen molar-refractivity contribution in [1.29, 1.82) is 0 Å². The first kappa shape index (κ1) is 7.70. The highest BCUT2D eigenvalue weighted by atomic mass is 16.5. The minimum absolute atomic E-state index is 0.456. The zero-order valence-corrected chi connectivity index (χ0v) is 6.91. The summed E-state index contributed by atoms with van der Waals surface area (Å²) in [6.45, 7) is 4.01. The Labute approximate surface area is 70.1 Å². The van der Waals surface area contributed by atoms with Crippen LogP contribution in [0.2, 0.25) is 0 Å². The number of aromatic nitrogens is 2. The quantitative estimate of drug-likeness (QED) is 0.682. The first-order valence-corrected chi connectivity index (χ1v) is 3.95. The summed E-state index contributed by atoms with van der Waals surface area (Å²) in [7, 11) is 0. The van der Waals surface area contributed by atoms with Crippen LogP contribution in [0.15, 0.2) is 4.52 Å². The van der Waals surface area contributed by atoms with E-state index in [-0.39, 0.29) is 0 Å². The van der Waals surface area contributed by atoms with Crippen LogP contribution in [0.25, 0.3) is 0 Å². The predicted molar refractivity (Wildman–Crippen MR) is 40.5 cm³/mol. The zero-order chi connectivity index (χ0) is 8.39. The molecule has 12 heavy (non-hydrogen) atoms. The standard InChI is InChI=1S/C7H11N3O2/c1-5-9-7(12-10-5)2-8-6-3-11-4-6/h6,8H,2-4H2,1H3. The van der Waals surface area contributed by atoms with E-state index < -0.39 is 0 Å². The normalized spacial score (nSPS) is 17.8. The highest BCUT2D eigenvalue weighted by molar-refractivity contribution is 4.84. The van der Waals surface area contributed by atoms with Crippen LogP contribution in [0.3, 0.4) is 0 Å². The molecule has 1 N–H and O–H groups in total. The van der Waals surface area contributed by atoms with Crippen LogP contribution < -0.4 is 5.32 Å². The van der Waals surface area contributed by atoms with Gasteiger partial charge in [-0.2, -0.15) is 4.98 Å². The molecular formula is C7H11N3O2. The Morgan fingerprint density at radius 1 is 1.58 bits per heavy atom. The Morgan fingerprint density at radius 3 is 2.92 bits per heavy atom. The van der Waals surface area contributed by atoms with Crippen LogP contribution in [0, 0.1) is 6.92 Å². The molecule has 0 atom stereocenters. The third kappa shape index (κ3) is 1.62. The zero-order valence-electron chi connectivity index (χ0n) is 6.91. The Morgan fingerprint density at radius 2 is 2.42 bits per heavy atom. The molecule has 5 nitrogen and oxygen atoms in total. The SMILES string of the molecule is Cc1noc(CNC2COC2)n1. The summed E-state index contributed by atoms with van der Waals surface area (Å²) in [5.74, 6) is 1.32. The van der Waals surface area contributed by atoms with Gasteiger partial charge in [0.15, 0.2) is 5.82 Å². The molecule has 0 bridgehead atoms. The number of aryl methyl sites for hydroxylation is 1. The van der Waals surface area contributed by atoms with Crippen LogP contribution in [0.4, 0.5) is 0 Å². The fourth-order valence-corrected chi connectivity index (χ4v) is 0.997. The molecule has 2 rings (SSSR count). The highest BCUT2D eigenvalue weighted by Gasteiger charge is 2.17. The molecule has 66 valence electrons. The fraction of sp³-hybridized carbons (Fsp3) is 0.714. The summed E-state index contributed by atoms with van der Waals surface area (Å²) in [4.78, 5) is 4.06. The van der Waals surface area contributed by atoms with Gasteiger partial charge in [0.25, 0.3) is 0 Å². The van der Waals surface area contributed by atoms with Gasteiger partial charge in [0.05, 0.1) is 25.8 Å². The Kier molecular flexibility index (Phi) is 2.05. The minimum atomic E-state index is 0.456. The van der Waals surface area contributed by atoms with E-state index in [9.17, 15) is 0 Å². The Balaban J connectivity index is 1.79. The second-order valence-corrected chi connectivity index (χ2v) is 2.85. The van der Waals surface area contributed by atoms with Gasteiger partial charge in [0.1, 0.15) is 0 Å². The predicted octanol–water partition coefficient (Wildman–Crippen LogP) is -0.134. The van der Waals surface area contributed by atoms with Crippen molar-refractivity contribution in [3.8, 4) is 0 Å². The van der Waals surface area contributed by atoms with Gasteiger partial charge >= 0.3 is 0 Å². The lowest BCUT2D eigenvalue weighted by Gasteiger charge is -2.26. The number of hydrogen-bond donors (Lipinski definition) is 1. The maximum atomic E-state index is 5.00. The summed E-state index contributed by atoms with van der Waals surface area (Å²) in [6.07, 6.45) is 0. The van der Waals surface area contributed by atoms with Gasteiger partial charge in [-0.1, -0.05) is 5.16 Å². The van der Waals surface area contributed by atoms with Crippen molar-refractivity contribution >= 4 is 0 Å². The smallest absolute Gasteiger partial charge is 0.240 e. The number of rotatable bonds is 3. The van der Waals surface area contributed by atoms with Crippen molar-refractivity contribution in [2.75, 3.05) is 13.2 Å².